The van der Waals surface area contributed by atoms with Gasteiger partial charge in [-0.1, -0.05) is 12.2 Å². The number of anilines is 1. The number of carbonyl (C=O) groups excluding carboxylic acids is 1. The zero-order valence-corrected chi connectivity index (χ0v) is 11.5. The van der Waals surface area contributed by atoms with Gasteiger partial charge in [-0.3, -0.25) is 4.79 Å². The summed E-state index contributed by atoms with van der Waals surface area (Å²) < 4.78 is 39.0. The normalized spacial score (nSPS) is 11.2. The van der Waals surface area contributed by atoms with Crippen LogP contribution in [0.2, 0.25) is 0 Å². The van der Waals surface area contributed by atoms with Crippen LogP contribution in [-0.4, -0.2) is 24.0 Å². The molecule has 1 aromatic carbocycles. The highest BCUT2D eigenvalue weighted by molar-refractivity contribution is 7.80. The number of hydrogen-bond donors (Lipinski definition) is 2. The fraction of sp³-hybridized carbons (Fsp3) is 0.333. The number of amides is 1. The van der Waals surface area contributed by atoms with Crippen molar-refractivity contribution in [1.29, 1.82) is 0 Å². The number of carbonyl (C=O) groups is 1. The summed E-state index contributed by atoms with van der Waals surface area (Å²) in [6.07, 6.45) is -4.58. The van der Waals surface area contributed by atoms with Crippen molar-refractivity contribution in [3.8, 4) is 0 Å². The van der Waals surface area contributed by atoms with Gasteiger partial charge in [0.15, 0.2) is 0 Å². The molecule has 0 fully saturated rings. The monoisotopic (exact) mass is 305 g/mol. The average molecular weight is 305 g/mol. The third kappa shape index (κ3) is 3.83. The van der Waals surface area contributed by atoms with Gasteiger partial charge in [0.1, 0.15) is 4.99 Å². The van der Waals surface area contributed by atoms with Crippen LogP contribution in [0.5, 0.6) is 0 Å². The second-order valence-electron chi connectivity index (χ2n) is 4.07. The Kier molecular flexibility index (Phi) is 4.93. The maximum absolute atomic E-state index is 13.0. The fourth-order valence-electron chi connectivity index (χ4n) is 1.75. The highest BCUT2D eigenvalue weighted by Crippen LogP contribution is 2.34. The number of likely N-dealkylation sites (N-methyl/N-ethyl adjacent to an activating group) is 1. The lowest BCUT2D eigenvalue weighted by Crippen LogP contribution is -2.34. The molecule has 20 heavy (non-hydrogen) atoms. The third-order valence-corrected chi connectivity index (χ3v) is 2.89. The highest BCUT2D eigenvalue weighted by Gasteiger charge is 2.34. The zero-order valence-electron chi connectivity index (χ0n) is 10.7. The summed E-state index contributed by atoms with van der Waals surface area (Å²) >= 11 is 4.62. The fourth-order valence-corrected chi connectivity index (χ4v) is 1.93. The Morgan fingerprint density at radius 1 is 1.35 bits per heavy atom. The smallest absolute Gasteiger partial charge is 0.389 e. The predicted molar refractivity (Wildman–Crippen MR) is 74.4 cm³/mol. The number of hydrogen-bond acceptors (Lipinski definition) is 3. The third-order valence-electron chi connectivity index (χ3n) is 2.67. The second-order valence-corrected chi connectivity index (χ2v) is 4.51. The van der Waals surface area contributed by atoms with Crippen molar-refractivity contribution in [2.24, 2.45) is 11.5 Å². The summed E-state index contributed by atoms with van der Waals surface area (Å²) in [5, 5.41) is 0. The van der Waals surface area contributed by atoms with E-state index in [0.29, 0.717) is 6.54 Å². The van der Waals surface area contributed by atoms with Gasteiger partial charge in [-0.05, 0) is 25.1 Å². The molecular weight excluding hydrogens is 291 g/mol. The van der Waals surface area contributed by atoms with Crippen LogP contribution < -0.4 is 16.4 Å². The molecule has 0 saturated heterocycles. The first kappa shape index (κ1) is 16.2. The predicted octanol–water partition coefficient (Wildman–Crippen LogP) is 1.65. The maximum atomic E-state index is 13.0. The van der Waals surface area contributed by atoms with Crippen LogP contribution in [0.1, 0.15) is 18.1 Å². The molecule has 1 amide bonds. The molecule has 0 atom stereocenters. The zero-order chi connectivity index (χ0) is 15.5. The quantitative estimate of drug-likeness (QED) is 0.811. The standard InChI is InChI=1S/C12H14F3N3OS/c1-2-18(6-10(16)19)7-3-4-8(11(17)20)9(5-7)12(13,14)15/h3-5H,2,6H2,1H3,(H2,16,19)(H2,17,20). The molecule has 0 heterocycles. The van der Waals surface area contributed by atoms with Gasteiger partial charge in [-0.25, -0.2) is 0 Å². The van der Waals surface area contributed by atoms with Crippen molar-refractivity contribution in [2.45, 2.75) is 13.1 Å². The summed E-state index contributed by atoms with van der Waals surface area (Å²) in [4.78, 5) is 12.0. The van der Waals surface area contributed by atoms with Gasteiger partial charge in [-0.15, -0.1) is 0 Å². The van der Waals surface area contributed by atoms with E-state index < -0.39 is 17.6 Å². The number of nitrogens with two attached hydrogens (primary N) is 2. The lowest BCUT2D eigenvalue weighted by atomic mass is 10.1. The molecule has 0 unspecified atom stereocenters. The van der Waals surface area contributed by atoms with E-state index in [-0.39, 0.29) is 22.8 Å². The molecule has 1 rings (SSSR count). The first-order chi connectivity index (χ1) is 9.16. The maximum Gasteiger partial charge on any atom is 0.417 e. The topological polar surface area (TPSA) is 72.3 Å². The molecule has 0 saturated carbocycles. The van der Waals surface area contributed by atoms with Gasteiger partial charge in [-0.2, -0.15) is 13.2 Å². The Morgan fingerprint density at radius 3 is 2.35 bits per heavy atom. The van der Waals surface area contributed by atoms with Crippen LogP contribution in [0.4, 0.5) is 18.9 Å². The van der Waals surface area contributed by atoms with Crippen molar-refractivity contribution in [1.82, 2.24) is 0 Å². The molecule has 110 valence electrons. The first-order valence-corrected chi connectivity index (χ1v) is 6.12. The van der Waals surface area contributed by atoms with Crippen LogP contribution in [0.15, 0.2) is 18.2 Å². The van der Waals surface area contributed by atoms with Gasteiger partial charge in [0.2, 0.25) is 5.91 Å². The summed E-state index contributed by atoms with van der Waals surface area (Å²) in [6.45, 7) is 1.88. The number of benzene rings is 1. The van der Waals surface area contributed by atoms with Crippen LogP contribution >= 0.6 is 12.2 Å². The summed E-state index contributed by atoms with van der Waals surface area (Å²) in [5.41, 5.74) is 9.42. The average Bonchev–Trinajstić information content (AvgIpc) is 2.33. The first-order valence-electron chi connectivity index (χ1n) is 5.71. The molecule has 0 aliphatic rings. The molecule has 4 nitrogen and oxygen atoms in total. The molecule has 0 radical (unpaired) electrons. The molecular formula is C12H14F3N3OS. The number of halogens is 3. The van der Waals surface area contributed by atoms with Gasteiger partial charge in [0.05, 0.1) is 12.1 Å². The summed E-state index contributed by atoms with van der Waals surface area (Å²) in [5.74, 6) is -0.626. The van der Waals surface area contributed by atoms with Gasteiger partial charge >= 0.3 is 6.18 Å². The summed E-state index contributed by atoms with van der Waals surface area (Å²) in [7, 11) is 0. The molecule has 0 aliphatic carbocycles. The van der Waals surface area contributed by atoms with Crippen molar-refractivity contribution >= 4 is 28.8 Å². The molecule has 8 heteroatoms. The van der Waals surface area contributed by atoms with Crippen LogP contribution in [0.3, 0.4) is 0 Å². The van der Waals surface area contributed by atoms with Crippen molar-refractivity contribution in [3.63, 3.8) is 0 Å². The van der Waals surface area contributed by atoms with Crippen LogP contribution in [-0.2, 0) is 11.0 Å². The van der Waals surface area contributed by atoms with Gasteiger partial charge in [0, 0.05) is 17.8 Å². The van der Waals surface area contributed by atoms with Gasteiger partial charge in [0.25, 0.3) is 0 Å². The minimum Gasteiger partial charge on any atom is -0.389 e. The Balaban J connectivity index is 3.31. The van der Waals surface area contributed by atoms with Crippen LogP contribution in [0.25, 0.3) is 0 Å². The molecule has 1 aromatic rings. The van der Waals surface area contributed by atoms with E-state index in [9.17, 15) is 18.0 Å². The largest absolute Gasteiger partial charge is 0.417 e. The molecule has 0 aromatic heterocycles. The van der Waals surface area contributed by atoms with Gasteiger partial charge < -0.3 is 16.4 Å². The van der Waals surface area contributed by atoms with E-state index in [1.807, 2.05) is 0 Å². The Morgan fingerprint density at radius 2 is 1.95 bits per heavy atom. The second kappa shape index (κ2) is 6.08. The van der Waals surface area contributed by atoms with Crippen molar-refractivity contribution < 1.29 is 18.0 Å². The Bertz CT molecular complexity index is 531. The molecule has 0 spiro atoms. The molecule has 4 N–H and O–H groups in total. The number of thiocarbonyl (C=S) groups is 1. The van der Waals surface area contributed by atoms with E-state index in [2.05, 4.69) is 12.2 Å². The number of rotatable bonds is 5. The van der Waals surface area contributed by atoms with E-state index in [1.54, 1.807) is 6.92 Å². The van der Waals surface area contributed by atoms with E-state index in [1.165, 1.54) is 17.0 Å². The SMILES string of the molecule is CCN(CC(N)=O)c1ccc(C(N)=S)c(C(F)(F)F)c1. The lowest BCUT2D eigenvalue weighted by molar-refractivity contribution is -0.137. The number of alkyl halides is 3. The summed E-state index contributed by atoms with van der Waals surface area (Å²) in [6, 6.07) is 3.54. The van der Waals surface area contributed by atoms with E-state index in [0.717, 1.165) is 6.07 Å². The highest BCUT2D eigenvalue weighted by atomic mass is 32.1. The van der Waals surface area contributed by atoms with E-state index in [4.69, 9.17) is 11.5 Å². The lowest BCUT2D eigenvalue weighted by Gasteiger charge is -2.23. The van der Waals surface area contributed by atoms with Crippen molar-refractivity contribution in [2.75, 3.05) is 18.0 Å². The minimum atomic E-state index is -4.58. The molecule has 0 aliphatic heterocycles. The Labute approximate surface area is 119 Å². The number of nitrogens with zero attached hydrogens (tertiary/aromatic N) is 1. The Hall–Kier alpha value is -1.83. The minimum absolute atomic E-state index is 0.166. The number of primary amides is 1. The van der Waals surface area contributed by atoms with Crippen molar-refractivity contribution in [3.05, 3.63) is 29.3 Å². The molecule has 0 bridgehead atoms. The van der Waals surface area contributed by atoms with Crippen LogP contribution in [0, 0.1) is 0 Å². The van der Waals surface area contributed by atoms with E-state index >= 15 is 0 Å².